The zero-order valence-electron chi connectivity index (χ0n) is 11.4. The third-order valence-electron chi connectivity index (χ3n) is 2.56. The van der Waals surface area contributed by atoms with Crippen LogP contribution in [0.5, 0.6) is 0 Å². The molecule has 1 aromatic rings. The second kappa shape index (κ2) is 7.35. The van der Waals surface area contributed by atoms with Gasteiger partial charge in [-0.3, -0.25) is 9.59 Å². The minimum Gasteiger partial charge on any atom is -0.468 e. The predicted octanol–water partition coefficient (Wildman–Crippen LogP) is 2.93. The van der Waals surface area contributed by atoms with Gasteiger partial charge in [0.2, 0.25) is 0 Å². The smallest absolute Gasteiger partial charge is 0.446 e. The first-order valence-corrected chi connectivity index (χ1v) is 6.81. The van der Waals surface area contributed by atoms with Gasteiger partial charge in [-0.2, -0.15) is 13.2 Å². The topological polar surface area (TPSA) is 46.6 Å². The van der Waals surface area contributed by atoms with Crippen molar-refractivity contribution < 1.29 is 27.5 Å². The van der Waals surface area contributed by atoms with Crippen LogP contribution >= 0.6 is 11.8 Å². The van der Waals surface area contributed by atoms with Gasteiger partial charge in [0, 0.05) is 11.4 Å². The van der Waals surface area contributed by atoms with Gasteiger partial charge in [0.25, 0.3) is 5.91 Å². The summed E-state index contributed by atoms with van der Waals surface area (Å²) < 4.78 is 42.0. The molecule has 1 amide bonds. The van der Waals surface area contributed by atoms with Crippen molar-refractivity contribution in [2.45, 2.75) is 17.3 Å². The molecule has 0 spiro atoms. The average molecular weight is 321 g/mol. The van der Waals surface area contributed by atoms with Gasteiger partial charge in [-0.1, -0.05) is 12.1 Å². The normalized spacial score (nSPS) is 11.1. The number of ether oxygens (including phenoxy) is 1. The van der Waals surface area contributed by atoms with Crippen molar-refractivity contribution in [3.8, 4) is 0 Å². The van der Waals surface area contributed by atoms with Crippen LogP contribution in [0.1, 0.15) is 17.3 Å². The van der Waals surface area contributed by atoms with Gasteiger partial charge >= 0.3 is 11.5 Å². The molecule has 0 unspecified atom stereocenters. The predicted molar refractivity (Wildman–Crippen MR) is 71.9 cm³/mol. The van der Waals surface area contributed by atoms with E-state index in [4.69, 9.17) is 0 Å². The Bertz CT molecular complexity index is 520. The molecule has 0 saturated heterocycles. The number of rotatable bonds is 5. The van der Waals surface area contributed by atoms with Crippen molar-refractivity contribution >= 4 is 23.6 Å². The molecule has 4 nitrogen and oxygen atoms in total. The molecule has 8 heteroatoms. The second-order valence-electron chi connectivity index (χ2n) is 3.94. The lowest BCUT2D eigenvalue weighted by Gasteiger charge is -2.21. The van der Waals surface area contributed by atoms with Gasteiger partial charge in [0.15, 0.2) is 0 Å². The van der Waals surface area contributed by atoms with E-state index in [1.54, 1.807) is 6.92 Å². The van der Waals surface area contributed by atoms with E-state index in [0.717, 1.165) is 4.90 Å². The Kier molecular flexibility index (Phi) is 6.07. The van der Waals surface area contributed by atoms with E-state index >= 15 is 0 Å². The largest absolute Gasteiger partial charge is 0.468 e. The van der Waals surface area contributed by atoms with Crippen LogP contribution < -0.4 is 0 Å². The molecule has 0 bridgehead atoms. The van der Waals surface area contributed by atoms with Gasteiger partial charge in [0.1, 0.15) is 6.54 Å². The lowest BCUT2D eigenvalue weighted by molar-refractivity contribution is -0.141. The molecule has 0 N–H and O–H groups in total. The molecule has 0 aliphatic heterocycles. The first-order chi connectivity index (χ1) is 9.78. The summed E-state index contributed by atoms with van der Waals surface area (Å²) in [5.74, 6) is -1.28. The lowest BCUT2D eigenvalue weighted by atomic mass is 10.2. The SMILES string of the molecule is CCN(CC(=O)OC)C(=O)c1ccccc1SC(F)(F)F. The van der Waals surface area contributed by atoms with Gasteiger partial charge in [0.05, 0.1) is 12.7 Å². The van der Waals surface area contributed by atoms with E-state index in [9.17, 15) is 22.8 Å². The van der Waals surface area contributed by atoms with E-state index < -0.39 is 17.4 Å². The summed E-state index contributed by atoms with van der Waals surface area (Å²) in [4.78, 5) is 24.4. The number of thioether (sulfide) groups is 1. The molecule has 0 fully saturated rings. The Hall–Kier alpha value is -1.70. The van der Waals surface area contributed by atoms with Gasteiger partial charge in [-0.25, -0.2) is 0 Å². The zero-order valence-corrected chi connectivity index (χ0v) is 12.3. The summed E-state index contributed by atoms with van der Waals surface area (Å²) in [5, 5.41) is 0. The summed E-state index contributed by atoms with van der Waals surface area (Å²) in [6.45, 7) is 1.50. The van der Waals surface area contributed by atoms with E-state index in [0.29, 0.717) is 0 Å². The van der Waals surface area contributed by atoms with Crippen LogP contribution in [0.25, 0.3) is 0 Å². The van der Waals surface area contributed by atoms with Crippen LogP contribution in [0.3, 0.4) is 0 Å². The van der Waals surface area contributed by atoms with Crippen molar-refractivity contribution in [1.82, 2.24) is 4.90 Å². The van der Waals surface area contributed by atoms with Crippen molar-refractivity contribution in [3.05, 3.63) is 29.8 Å². The van der Waals surface area contributed by atoms with Gasteiger partial charge in [-0.05, 0) is 30.8 Å². The van der Waals surface area contributed by atoms with E-state index in [-0.39, 0.29) is 35.3 Å². The second-order valence-corrected chi connectivity index (χ2v) is 5.05. The summed E-state index contributed by atoms with van der Waals surface area (Å²) in [5.41, 5.74) is -4.58. The number of benzene rings is 1. The Morgan fingerprint density at radius 3 is 2.43 bits per heavy atom. The highest BCUT2D eigenvalue weighted by atomic mass is 32.2. The number of carbonyl (C=O) groups excluding carboxylic acids is 2. The van der Waals surface area contributed by atoms with Crippen molar-refractivity contribution in [2.75, 3.05) is 20.2 Å². The number of amides is 1. The first-order valence-electron chi connectivity index (χ1n) is 5.99. The standard InChI is InChI=1S/C13H14F3NO3S/c1-3-17(8-11(18)20-2)12(19)9-6-4-5-7-10(9)21-13(14,15)16/h4-7H,3,8H2,1-2H3. The highest BCUT2D eigenvalue weighted by Gasteiger charge is 2.32. The van der Waals surface area contributed by atoms with Gasteiger partial charge in [-0.15, -0.1) is 0 Å². The van der Waals surface area contributed by atoms with Crippen LogP contribution in [-0.2, 0) is 9.53 Å². The Balaban J connectivity index is 3.02. The lowest BCUT2D eigenvalue weighted by Crippen LogP contribution is -2.36. The van der Waals surface area contributed by atoms with Crippen molar-refractivity contribution in [2.24, 2.45) is 0 Å². The van der Waals surface area contributed by atoms with Crippen LogP contribution in [-0.4, -0.2) is 42.5 Å². The number of hydrogen-bond acceptors (Lipinski definition) is 4. The van der Waals surface area contributed by atoms with Crippen molar-refractivity contribution in [1.29, 1.82) is 0 Å². The molecule has 0 aliphatic carbocycles. The Morgan fingerprint density at radius 1 is 1.29 bits per heavy atom. The molecule has 0 radical (unpaired) electrons. The minimum atomic E-state index is -4.49. The highest BCUT2D eigenvalue weighted by Crippen LogP contribution is 2.38. The average Bonchev–Trinajstić information content (AvgIpc) is 2.42. The molecular weight excluding hydrogens is 307 g/mol. The maximum Gasteiger partial charge on any atom is 0.446 e. The monoisotopic (exact) mass is 321 g/mol. The van der Waals surface area contributed by atoms with Crippen LogP contribution in [0.2, 0.25) is 0 Å². The summed E-state index contributed by atoms with van der Waals surface area (Å²) in [6, 6.07) is 5.41. The van der Waals surface area contributed by atoms with Gasteiger partial charge < -0.3 is 9.64 Å². The Morgan fingerprint density at radius 2 is 1.90 bits per heavy atom. The number of likely N-dealkylation sites (N-methyl/N-ethyl adjacent to an activating group) is 1. The first kappa shape index (κ1) is 17.4. The third-order valence-corrected chi connectivity index (χ3v) is 3.37. The number of hydrogen-bond donors (Lipinski definition) is 0. The van der Waals surface area contributed by atoms with E-state index in [2.05, 4.69) is 4.74 Å². The summed E-state index contributed by atoms with van der Waals surface area (Å²) >= 11 is -0.355. The number of alkyl halides is 3. The maximum atomic E-state index is 12.5. The molecule has 0 heterocycles. The molecule has 1 aromatic carbocycles. The maximum absolute atomic E-state index is 12.5. The molecule has 0 aliphatic rings. The molecule has 116 valence electrons. The number of nitrogens with zero attached hydrogens (tertiary/aromatic N) is 1. The number of esters is 1. The number of methoxy groups -OCH3 is 1. The van der Waals surface area contributed by atoms with Crippen LogP contribution in [0.4, 0.5) is 13.2 Å². The Labute approximate surface area is 124 Å². The van der Waals surface area contributed by atoms with Crippen LogP contribution in [0, 0.1) is 0 Å². The zero-order chi connectivity index (χ0) is 16.0. The molecule has 0 atom stereocenters. The van der Waals surface area contributed by atoms with E-state index in [1.165, 1.54) is 31.4 Å². The fourth-order valence-corrected chi connectivity index (χ4v) is 2.24. The molecular formula is C13H14F3NO3S. The number of carbonyl (C=O) groups is 2. The number of halogens is 3. The molecule has 0 aromatic heterocycles. The molecule has 0 saturated carbocycles. The van der Waals surface area contributed by atoms with E-state index in [1.807, 2.05) is 0 Å². The highest BCUT2D eigenvalue weighted by molar-refractivity contribution is 8.00. The van der Waals surface area contributed by atoms with Crippen LogP contribution in [0.15, 0.2) is 29.2 Å². The molecule has 21 heavy (non-hydrogen) atoms. The summed E-state index contributed by atoms with van der Waals surface area (Å²) in [7, 11) is 1.17. The third kappa shape index (κ3) is 5.30. The quantitative estimate of drug-likeness (QED) is 0.618. The minimum absolute atomic E-state index is 0.0921. The fraction of sp³-hybridized carbons (Fsp3) is 0.385. The van der Waals surface area contributed by atoms with Crippen molar-refractivity contribution in [3.63, 3.8) is 0 Å². The summed E-state index contributed by atoms with van der Waals surface area (Å²) in [6.07, 6.45) is 0. The molecule has 1 rings (SSSR count). The fourth-order valence-electron chi connectivity index (χ4n) is 1.57.